The van der Waals surface area contributed by atoms with Gasteiger partial charge >= 0.3 is 0 Å². The number of nitrogens with one attached hydrogen (secondary N) is 1. The molecular weight excluding hydrogens is 251 g/mol. The van der Waals surface area contributed by atoms with Gasteiger partial charge in [0.25, 0.3) is 0 Å². The van der Waals surface area contributed by atoms with Crippen LogP contribution in [0.25, 0.3) is 0 Å². The average Bonchev–Trinajstić information content (AvgIpc) is 2.38. The molecule has 0 radical (unpaired) electrons. The van der Waals surface area contributed by atoms with E-state index in [1.807, 2.05) is 0 Å². The zero-order valence-electron chi connectivity index (χ0n) is 10.9. The molecule has 1 heterocycles. The fourth-order valence-electron chi connectivity index (χ4n) is 2.40. The molecular formula is C14H20ClFN2. The maximum Gasteiger partial charge on any atom is 0.124 e. The summed E-state index contributed by atoms with van der Waals surface area (Å²) < 4.78 is 13.1. The van der Waals surface area contributed by atoms with Crippen molar-refractivity contribution in [1.29, 1.82) is 0 Å². The number of benzene rings is 1. The van der Waals surface area contributed by atoms with Crippen molar-refractivity contribution in [2.24, 2.45) is 5.92 Å². The Hall–Kier alpha value is -0.800. The second-order valence-corrected chi connectivity index (χ2v) is 5.40. The lowest BCUT2D eigenvalue weighted by molar-refractivity contribution is 0.342. The second kappa shape index (κ2) is 5.89. The van der Waals surface area contributed by atoms with Crippen molar-refractivity contribution in [3.8, 4) is 0 Å². The smallest absolute Gasteiger partial charge is 0.124 e. The van der Waals surface area contributed by atoms with Crippen LogP contribution in [0.3, 0.4) is 0 Å². The number of nitrogens with zero attached hydrogens (tertiary/aromatic N) is 1. The van der Waals surface area contributed by atoms with E-state index in [0.717, 1.165) is 31.7 Å². The molecule has 2 rings (SSSR count). The molecule has 2 unspecified atom stereocenters. The van der Waals surface area contributed by atoms with Crippen molar-refractivity contribution in [1.82, 2.24) is 5.32 Å². The highest BCUT2D eigenvalue weighted by atomic mass is 35.5. The SMILES string of the molecule is CCC(C)C1CN(c2ccc(F)cc2Cl)CCN1. The fraction of sp³-hybridized carbons (Fsp3) is 0.571. The Morgan fingerprint density at radius 3 is 3.00 bits per heavy atom. The van der Waals surface area contributed by atoms with Crippen LogP contribution in [0.2, 0.25) is 5.02 Å². The molecule has 1 aromatic rings. The summed E-state index contributed by atoms with van der Waals surface area (Å²) in [6.45, 7) is 7.25. The van der Waals surface area contributed by atoms with Crippen LogP contribution in [0.4, 0.5) is 10.1 Å². The van der Waals surface area contributed by atoms with Crippen molar-refractivity contribution in [3.63, 3.8) is 0 Å². The first-order valence-electron chi connectivity index (χ1n) is 6.55. The molecule has 1 fully saturated rings. The Kier molecular flexibility index (Phi) is 4.46. The third-order valence-corrected chi connectivity index (χ3v) is 4.09. The molecule has 1 aliphatic rings. The van der Waals surface area contributed by atoms with Gasteiger partial charge in [-0.25, -0.2) is 4.39 Å². The number of rotatable bonds is 3. The number of piperazine rings is 1. The highest BCUT2D eigenvalue weighted by molar-refractivity contribution is 6.33. The van der Waals surface area contributed by atoms with Gasteiger partial charge < -0.3 is 10.2 Å². The van der Waals surface area contributed by atoms with E-state index in [1.54, 1.807) is 6.07 Å². The molecule has 1 saturated heterocycles. The Bertz CT molecular complexity index is 411. The molecule has 2 atom stereocenters. The van der Waals surface area contributed by atoms with Gasteiger partial charge in [-0.1, -0.05) is 31.9 Å². The van der Waals surface area contributed by atoms with E-state index in [9.17, 15) is 4.39 Å². The van der Waals surface area contributed by atoms with Gasteiger partial charge in [0, 0.05) is 25.7 Å². The second-order valence-electron chi connectivity index (χ2n) is 4.99. The fourth-order valence-corrected chi connectivity index (χ4v) is 2.69. The predicted octanol–water partition coefficient (Wildman–Crippen LogP) is 3.30. The molecule has 18 heavy (non-hydrogen) atoms. The summed E-state index contributed by atoms with van der Waals surface area (Å²) in [4.78, 5) is 2.25. The third-order valence-electron chi connectivity index (χ3n) is 3.79. The van der Waals surface area contributed by atoms with E-state index in [1.165, 1.54) is 12.1 Å². The predicted molar refractivity (Wildman–Crippen MR) is 74.9 cm³/mol. The van der Waals surface area contributed by atoms with Crippen LogP contribution in [-0.2, 0) is 0 Å². The van der Waals surface area contributed by atoms with Crippen LogP contribution in [0, 0.1) is 11.7 Å². The molecule has 0 aliphatic carbocycles. The van der Waals surface area contributed by atoms with E-state index >= 15 is 0 Å². The van der Waals surface area contributed by atoms with Gasteiger partial charge in [0.1, 0.15) is 5.82 Å². The van der Waals surface area contributed by atoms with Gasteiger partial charge in [0.15, 0.2) is 0 Å². The van der Waals surface area contributed by atoms with E-state index in [-0.39, 0.29) is 5.82 Å². The molecule has 1 aliphatic heterocycles. The summed E-state index contributed by atoms with van der Waals surface area (Å²) in [7, 11) is 0. The van der Waals surface area contributed by atoms with E-state index in [0.29, 0.717) is 17.0 Å². The monoisotopic (exact) mass is 270 g/mol. The highest BCUT2D eigenvalue weighted by Gasteiger charge is 2.24. The minimum absolute atomic E-state index is 0.280. The summed E-state index contributed by atoms with van der Waals surface area (Å²) in [6, 6.07) is 5.11. The van der Waals surface area contributed by atoms with Crippen LogP contribution in [0.15, 0.2) is 18.2 Å². The molecule has 1 aromatic carbocycles. The van der Waals surface area contributed by atoms with Crippen LogP contribution in [-0.4, -0.2) is 25.7 Å². The van der Waals surface area contributed by atoms with Crippen LogP contribution in [0.5, 0.6) is 0 Å². The summed E-state index contributed by atoms with van der Waals surface area (Å²) >= 11 is 6.12. The van der Waals surface area contributed by atoms with Gasteiger partial charge in [-0.15, -0.1) is 0 Å². The largest absolute Gasteiger partial charge is 0.367 e. The number of hydrogen-bond acceptors (Lipinski definition) is 2. The molecule has 0 amide bonds. The summed E-state index contributed by atoms with van der Waals surface area (Å²) in [6.07, 6.45) is 1.16. The van der Waals surface area contributed by atoms with Crippen molar-refractivity contribution >= 4 is 17.3 Å². The topological polar surface area (TPSA) is 15.3 Å². The molecule has 4 heteroatoms. The Balaban J connectivity index is 2.13. The van der Waals surface area contributed by atoms with Crippen LogP contribution < -0.4 is 10.2 Å². The summed E-state index contributed by atoms with van der Waals surface area (Å²) in [5.74, 6) is 0.351. The Morgan fingerprint density at radius 1 is 1.56 bits per heavy atom. The van der Waals surface area contributed by atoms with Gasteiger partial charge in [-0.3, -0.25) is 0 Å². The third kappa shape index (κ3) is 2.96. The first-order chi connectivity index (χ1) is 8.61. The van der Waals surface area contributed by atoms with E-state index < -0.39 is 0 Å². The summed E-state index contributed by atoms with van der Waals surface area (Å²) in [5, 5.41) is 4.04. The number of halogens is 2. The zero-order valence-corrected chi connectivity index (χ0v) is 11.7. The lowest BCUT2D eigenvalue weighted by atomic mass is 9.97. The molecule has 0 bridgehead atoms. The normalized spacial score (nSPS) is 22.0. The van der Waals surface area contributed by atoms with E-state index in [2.05, 4.69) is 24.1 Å². The van der Waals surface area contributed by atoms with Gasteiger partial charge in [-0.05, 0) is 24.1 Å². The van der Waals surface area contributed by atoms with Gasteiger partial charge in [0.05, 0.1) is 10.7 Å². The highest BCUT2D eigenvalue weighted by Crippen LogP contribution is 2.28. The number of hydrogen-bond donors (Lipinski definition) is 1. The Morgan fingerprint density at radius 2 is 2.33 bits per heavy atom. The van der Waals surface area contributed by atoms with Crippen LogP contribution in [0.1, 0.15) is 20.3 Å². The van der Waals surface area contributed by atoms with Crippen LogP contribution >= 0.6 is 11.6 Å². The van der Waals surface area contributed by atoms with Crippen molar-refractivity contribution in [2.45, 2.75) is 26.3 Å². The maximum absolute atomic E-state index is 13.1. The van der Waals surface area contributed by atoms with Crippen molar-refractivity contribution in [3.05, 3.63) is 29.0 Å². The lowest BCUT2D eigenvalue weighted by Crippen LogP contribution is -2.53. The quantitative estimate of drug-likeness (QED) is 0.907. The lowest BCUT2D eigenvalue weighted by Gasteiger charge is -2.38. The van der Waals surface area contributed by atoms with Gasteiger partial charge in [-0.2, -0.15) is 0 Å². The average molecular weight is 271 g/mol. The standard InChI is InChI=1S/C14H20ClFN2/c1-3-10(2)13-9-18(7-6-17-13)14-5-4-11(16)8-12(14)15/h4-5,8,10,13,17H,3,6-7,9H2,1-2H3. The van der Waals surface area contributed by atoms with Crippen molar-refractivity contribution < 1.29 is 4.39 Å². The zero-order chi connectivity index (χ0) is 13.1. The van der Waals surface area contributed by atoms with E-state index in [4.69, 9.17) is 11.6 Å². The molecule has 2 nitrogen and oxygen atoms in total. The van der Waals surface area contributed by atoms with Crippen molar-refractivity contribution in [2.75, 3.05) is 24.5 Å². The molecule has 100 valence electrons. The minimum Gasteiger partial charge on any atom is -0.367 e. The first kappa shape index (κ1) is 13.6. The summed E-state index contributed by atoms with van der Waals surface area (Å²) in [5.41, 5.74) is 0.938. The molecule has 1 N–H and O–H groups in total. The minimum atomic E-state index is -0.280. The van der Waals surface area contributed by atoms with Gasteiger partial charge in [0.2, 0.25) is 0 Å². The molecule has 0 saturated carbocycles. The maximum atomic E-state index is 13.1. The first-order valence-corrected chi connectivity index (χ1v) is 6.93. The number of anilines is 1. The molecule has 0 aromatic heterocycles. The Labute approximate surface area is 113 Å². The molecule has 0 spiro atoms.